The highest BCUT2D eigenvalue weighted by Crippen LogP contribution is 2.25. The van der Waals surface area contributed by atoms with Gasteiger partial charge >= 0.3 is 0 Å². The molecule has 8 heteroatoms. The van der Waals surface area contributed by atoms with Gasteiger partial charge in [-0.2, -0.15) is 5.26 Å². The van der Waals surface area contributed by atoms with Crippen molar-refractivity contribution in [1.29, 1.82) is 5.26 Å². The summed E-state index contributed by atoms with van der Waals surface area (Å²) in [5, 5.41) is 16.0. The number of sulfone groups is 1. The number of nitrogens with zero attached hydrogens (tertiary/aromatic N) is 2. The number of rotatable bonds is 4. The van der Waals surface area contributed by atoms with Crippen LogP contribution in [0, 0.1) is 23.2 Å². The summed E-state index contributed by atoms with van der Waals surface area (Å²) in [5.74, 6) is 1.51. The number of nitrogens with one attached hydrogen (secondary N) is 2. The molecule has 3 atom stereocenters. The molecule has 1 aliphatic heterocycles. The third kappa shape index (κ3) is 5.48. The average Bonchev–Trinajstić information content (AvgIpc) is 3.05. The smallest absolute Gasteiger partial charge is 0.191 e. The summed E-state index contributed by atoms with van der Waals surface area (Å²) in [6.07, 6.45) is 6.06. The Balaban J connectivity index is 0.00000192. The second-order valence-corrected chi connectivity index (χ2v) is 9.02. The van der Waals surface area contributed by atoms with Gasteiger partial charge in [-0.25, -0.2) is 8.42 Å². The van der Waals surface area contributed by atoms with Gasteiger partial charge in [-0.1, -0.05) is 0 Å². The van der Waals surface area contributed by atoms with Crippen LogP contribution >= 0.6 is 24.0 Å². The molecule has 1 saturated heterocycles. The molecule has 1 heterocycles. The van der Waals surface area contributed by atoms with Gasteiger partial charge < -0.3 is 10.6 Å². The van der Waals surface area contributed by atoms with E-state index < -0.39 is 9.84 Å². The Morgan fingerprint density at radius 1 is 1.17 bits per heavy atom. The van der Waals surface area contributed by atoms with Crippen molar-refractivity contribution in [2.45, 2.75) is 50.6 Å². The van der Waals surface area contributed by atoms with E-state index in [1.54, 1.807) is 0 Å². The molecule has 3 fully saturated rings. The first-order chi connectivity index (χ1) is 10.6. The van der Waals surface area contributed by atoms with Crippen LogP contribution < -0.4 is 10.6 Å². The maximum Gasteiger partial charge on any atom is 0.191 e. The quantitative estimate of drug-likeness (QED) is 0.383. The van der Waals surface area contributed by atoms with Crippen molar-refractivity contribution in [1.82, 2.24) is 10.6 Å². The highest BCUT2D eigenvalue weighted by atomic mass is 127. The summed E-state index contributed by atoms with van der Waals surface area (Å²) in [4.78, 5) is 4.60. The lowest BCUT2D eigenvalue weighted by Crippen LogP contribution is -2.45. The van der Waals surface area contributed by atoms with Gasteiger partial charge in [0.2, 0.25) is 0 Å². The predicted octanol–water partition coefficient (Wildman–Crippen LogP) is 1.43. The van der Waals surface area contributed by atoms with Crippen molar-refractivity contribution < 1.29 is 8.42 Å². The molecule has 0 radical (unpaired) electrons. The summed E-state index contributed by atoms with van der Waals surface area (Å²) >= 11 is 0. The molecule has 0 aromatic carbocycles. The maximum absolute atomic E-state index is 11.5. The Hall–Kier alpha value is -0.560. The summed E-state index contributed by atoms with van der Waals surface area (Å²) in [7, 11) is -2.84. The van der Waals surface area contributed by atoms with E-state index in [2.05, 4.69) is 21.7 Å². The standard InChI is InChI=1S/C15H24N4O2S.HI/c16-8-12-2-1-3-14(12)19-15(18-13-4-5-13)17-9-11-6-7-22(20,21)10-11;/h11-14H,1-7,9-10H2,(H2,17,18,19);1H. The number of guanidine groups is 1. The molecule has 0 amide bonds. The number of nitriles is 1. The van der Waals surface area contributed by atoms with Crippen molar-refractivity contribution in [2.75, 3.05) is 18.1 Å². The molecule has 3 rings (SSSR count). The van der Waals surface area contributed by atoms with E-state index in [1.807, 2.05) is 0 Å². The van der Waals surface area contributed by atoms with Gasteiger partial charge in [-0.15, -0.1) is 24.0 Å². The second kappa shape index (κ2) is 8.01. The van der Waals surface area contributed by atoms with Crippen molar-refractivity contribution in [2.24, 2.45) is 16.8 Å². The van der Waals surface area contributed by atoms with Gasteiger partial charge in [0.15, 0.2) is 15.8 Å². The summed E-state index contributed by atoms with van der Waals surface area (Å²) in [5.41, 5.74) is 0. The normalized spacial score (nSPS) is 32.8. The van der Waals surface area contributed by atoms with E-state index in [0.717, 1.165) is 38.1 Å². The van der Waals surface area contributed by atoms with Gasteiger partial charge in [-0.3, -0.25) is 4.99 Å². The van der Waals surface area contributed by atoms with Gasteiger partial charge in [0.05, 0.1) is 23.5 Å². The zero-order valence-corrected chi connectivity index (χ0v) is 16.3. The molecule has 23 heavy (non-hydrogen) atoms. The molecule has 0 aromatic heterocycles. The van der Waals surface area contributed by atoms with Crippen LogP contribution in [0.1, 0.15) is 38.5 Å². The van der Waals surface area contributed by atoms with E-state index in [0.29, 0.717) is 24.8 Å². The molecular weight excluding hydrogens is 427 g/mol. The van der Waals surface area contributed by atoms with E-state index in [4.69, 9.17) is 0 Å². The Morgan fingerprint density at radius 2 is 1.96 bits per heavy atom. The largest absolute Gasteiger partial charge is 0.354 e. The second-order valence-electron chi connectivity index (χ2n) is 6.79. The Morgan fingerprint density at radius 3 is 2.57 bits per heavy atom. The van der Waals surface area contributed by atoms with Gasteiger partial charge in [0.25, 0.3) is 0 Å². The number of halogens is 1. The Bertz CT molecular complexity index is 583. The zero-order chi connectivity index (χ0) is 15.6. The molecule has 2 saturated carbocycles. The first-order valence-electron chi connectivity index (χ1n) is 8.23. The zero-order valence-electron chi connectivity index (χ0n) is 13.2. The van der Waals surface area contributed by atoms with E-state index in [9.17, 15) is 13.7 Å². The molecule has 0 aromatic rings. The Labute approximate surface area is 155 Å². The first kappa shape index (κ1) is 18.8. The van der Waals surface area contributed by atoms with Crippen LogP contribution in [0.2, 0.25) is 0 Å². The molecule has 130 valence electrons. The molecule has 3 unspecified atom stereocenters. The van der Waals surface area contributed by atoms with Crippen molar-refractivity contribution >= 4 is 39.8 Å². The van der Waals surface area contributed by atoms with Gasteiger partial charge in [0.1, 0.15) is 0 Å². The van der Waals surface area contributed by atoms with Crippen LogP contribution in [0.25, 0.3) is 0 Å². The van der Waals surface area contributed by atoms with Gasteiger partial charge in [-0.05, 0) is 44.4 Å². The van der Waals surface area contributed by atoms with Crippen LogP contribution in [-0.2, 0) is 9.84 Å². The number of hydrogen-bond acceptors (Lipinski definition) is 4. The lowest BCUT2D eigenvalue weighted by molar-refractivity contribution is 0.527. The SMILES string of the molecule is I.N#CC1CCCC1NC(=NCC1CCS(=O)(=O)C1)NC1CC1. The molecule has 6 nitrogen and oxygen atoms in total. The van der Waals surface area contributed by atoms with Crippen molar-refractivity contribution in [3.05, 3.63) is 0 Å². The average molecular weight is 452 g/mol. The highest BCUT2D eigenvalue weighted by molar-refractivity contribution is 14.0. The van der Waals surface area contributed by atoms with Gasteiger partial charge in [0, 0.05) is 18.6 Å². The van der Waals surface area contributed by atoms with Crippen LogP contribution in [0.5, 0.6) is 0 Å². The third-order valence-corrected chi connectivity index (χ3v) is 6.59. The highest BCUT2D eigenvalue weighted by Gasteiger charge is 2.31. The van der Waals surface area contributed by atoms with Crippen LogP contribution in [0.4, 0.5) is 0 Å². The monoisotopic (exact) mass is 452 g/mol. The van der Waals surface area contributed by atoms with E-state index >= 15 is 0 Å². The maximum atomic E-state index is 11.5. The lowest BCUT2D eigenvalue weighted by Gasteiger charge is -2.20. The fraction of sp³-hybridized carbons (Fsp3) is 0.867. The van der Waals surface area contributed by atoms with Crippen LogP contribution in [0.15, 0.2) is 4.99 Å². The Kier molecular flexibility index (Phi) is 6.54. The third-order valence-electron chi connectivity index (χ3n) is 4.76. The van der Waals surface area contributed by atoms with E-state index in [1.165, 1.54) is 0 Å². The fourth-order valence-electron chi connectivity index (χ4n) is 3.25. The van der Waals surface area contributed by atoms with Crippen molar-refractivity contribution in [3.63, 3.8) is 0 Å². The summed E-state index contributed by atoms with van der Waals surface area (Å²) in [6.45, 7) is 0.547. The minimum absolute atomic E-state index is 0. The molecule has 0 spiro atoms. The molecule has 2 aliphatic carbocycles. The topological polar surface area (TPSA) is 94.3 Å². The fourth-order valence-corrected chi connectivity index (χ4v) is 5.10. The molecular formula is C15H25IN4O2S. The molecule has 3 aliphatic rings. The van der Waals surface area contributed by atoms with Crippen LogP contribution in [0.3, 0.4) is 0 Å². The van der Waals surface area contributed by atoms with Crippen molar-refractivity contribution in [3.8, 4) is 6.07 Å². The summed E-state index contributed by atoms with van der Waals surface area (Å²) in [6, 6.07) is 3.03. The lowest BCUT2D eigenvalue weighted by atomic mass is 10.1. The van der Waals surface area contributed by atoms with E-state index in [-0.39, 0.29) is 47.6 Å². The minimum Gasteiger partial charge on any atom is -0.354 e. The number of aliphatic imine (C=N–C) groups is 1. The first-order valence-corrected chi connectivity index (χ1v) is 10.1. The predicted molar refractivity (Wildman–Crippen MR) is 101 cm³/mol. The minimum atomic E-state index is -2.84. The molecule has 2 N–H and O–H groups in total. The van der Waals surface area contributed by atoms with Crippen LogP contribution in [-0.4, -0.2) is 44.5 Å². The number of hydrogen-bond donors (Lipinski definition) is 2. The molecule has 0 bridgehead atoms. The summed E-state index contributed by atoms with van der Waals surface area (Å²) < 4.78 is 23.0.